The van der Waals surface area contributed by atoms with Crippen molar-refractivity contribution in [2.45, 2.75) is 25.5 Å². The van der Waals surface area contributed by atoms with Crippen LogP contribution in [0.4, 0.5) is 0 Å². The molecule has 1 aliphatic carbocycles. The molecule has 1 aromatic rings. The molecular formula is C10H14N2O3S. The summed E-state index contributed by atoms with van der Waals surface area (Å²) in [6.07, 6.45) is 1.61. The number of carbonyl (C=O) groups is 1. The topological polar surface area (TPSA) is 82.5 Å². The van der Waals surface area contributed by atoms with Crippen molar-refractivity contribution in [1.82, 2.24) is 10.3 Å². The molecular weight excluding hydrogens is 228 g/mol. The van der Waals surface area contributed by atoms with Gasteiger partial charge in [-0.3, -0.25) is 0 Å². The lowest BCUT2D eigenvalue weighted by Crippen LogP contribution is -2.35. The van der Waals surface area contributed by atoms with Crippen LogP contribution in [0.5, 0.6) is 0 Å². The highest BCUT2D eigenvalue weighted by Gasteiger charge is 2.26. The van der Waals surface area contributed by atoms with Crippen LogP contribution >= 0.6 is 11.3 Å². The Bertz CT molecular complexity index is 374. The third kappa shape index (κ3) is 2.78. The van der Waals surface area contributed by atoms with Crippen LogP contribution < -0.4 is 5.32 Å². The van der Waals surface area contributed by atoms with E-state index < -0.39 is 5.97 Å². The molecule has 6 heteroatoms. The van der Waals surface area contributed by atoms with E-state index in [1.165, 1.54) is 0 Å². The van der Waals surface area contributed by atoms with Crippen LogP contribution in [-0.2, 0) is 6.54 Å². The van der Waals surface area contributed by atoms with Gasteiger partial charge in [-0.15, -0.1) is 11.3 Å². The summed E-state index contributed by atoms with van der Waals surface area (Å²) < 4.78 is 0. The molecule has 0 radical (unpaired) electrons. The largest absolute Gasteiger partial charge is 0.476 e. The highest BCUT2D eigenvalue weighted by Crippen LogP contribution is 2.26. The lowest BCUT2D eigenvalue weighted by atomic mass is 9.82. The van der Waals surface area contributed by atoms with Crippen LogP contribution in [0.1, 0.15) is 28.3 Å². The maximum Gasteiger partial charge on any atom is 0.365 e. The molecule has 0 atom stereocenters. The Morgan fingerprint density at radius 2 is 2.38 bits per heavy atom. The van der Waals surface area contributed by atoms with Gasteiger partial charge < -0.3 is 15.5 Å². The molecule has 1 aliphatic rings. The number of hydrogen-bond donors (Lipinski definition) is 3. The first kappa shape index (κ1) is 11.5. The van der Waals surface area contributed by atoms with Crippen LogP contribution in [-0.4, -0.2) is 33.8 Å². The van der Waals surface area contributed by atoms with Gasteiger partial charge in [0.2, 0.25) is 5.01 Å². The van der Waals surface area contributed by atoms with Gasteiger partial charge in [0.25, 0.3) is 0 Å². The van der Waals surface area contributed by atoms with Gasteiger partial charge >= 0.3 is 5.97 Å². The Labute approximate surface area is 97.1 Å². The van der Waals surface area contributed by atoms with Crippen molar-refractivity contribution in [2.75, 3.05) is 6.54 Å². The molecule has 0 spiro atoms. The predicted molar refractivity (Wildman–Crippen MR) is 59.5 cm³/mol. The van der Waals surface area contributed by atoms with E-state index in [4.69, 9.17) is 10.2 Å². The number of hydrogen-bond acceptors (Lipinski definition) is 5. The number of nitrogens with one attached hydrogen (secondary N) is 1. The van der Waals surface area contributed by atoms with Crippen molar-refractivity contribution >= 4 is 17.3 Å². The third-order valence-electron chi connectivity index (χ3n) is 2.68. The summed E-state index contributed by atoms with van der Waals surface area (Å²) in [5.41, 5.74) is 0.766. The number of aliphatic hydroxyl groups excluding tert-OH is 1. The summed E-state index contributed by atoms with van der Waals surface area (Å²) in [5, 5.41) is 22.9. The number of carboxylic acids is 1. The Balaban J connectivity index is 1.70. The monoisotopic (exact) mass is 242 g/mol. The fourth-order valence-electron chi connectivity index (χ4n) is 1.76. The van der Waals surface area contributed by atoms with Gasteiger partial charge in [-0.05, 0) is 25.3 Å². The summed E-state index contributed by atoms with van der Waals surface area (Å²) >= 11 is 1.15. The molecule has 0 unspecified atom stereocenters. The van der Waals surface area contributed by atoms with Gasteiger partial charge in [0.1, 0.15) is 0 Å². The number of aromatic nitrogens is 1. The highest BCUT2D eigenvalue weighted by molar-refractivity contribution is 7.11. The molecule has 0 amide bonds. The van der Waals surface area contributed by atoms with Crippen molar-refractivity contribution in [1.29, 1.82) is 0 Å². The zero-order valence-electron chi connectivity index (χ0n) is 8.72. The van der Waals surface area contributed by atoms with Gasteiger partial charge in [-0.2, -0.15) is 0 Å². The van der Waals surface area contributed by atoms with E-state index in [9.17, 15) is 4.79 Å². The number of aliphatic hydroxyl groups is 1. The van der Waals surface area contributed by atoms with E-state index in [-0.39, 0.29) is 11.1 Å². The van der Waals surface area contributed by atoms with Crippen molar-refractivity contribution in [3.05, 3.63) is 16.1 Å². The zero-order chi connectivity index (χ0) is 11.5. The minimum atomic E-state index is -0.974. The van der Waals surface area contributed by atoms with E-state index in [1.54, 1.807) is 5.38 Å². The second kappa shape index (κ2) is 4.90. The Kier molecular flexibility index (Phi) is 3.52. The van der Waals surface area contributed by atoms with Crippen molar-refractivity contribution in [3.63, 3.8) is 0 Å². The van der Waals surface area contributed by atoms with E-state index in [0.29, 0.717) is 12.5 Å². The SMILES string of the molecule is O=C(O)c1nc(CNCC2CC(O)C2)cs1. The molecule has 0 saturated heterocycles. The molecule has 1 heterocycles. The van der Waals surface area contributed by atoms with E-state index in [2.05, 4.69) is 10.3 Å². The van der Waals surface area contributed by atoms with Gasteiger partial charge in [0.05, 0.1) is 11.8 Å². The van der Waals surface area contributed by atoms with Crippen molar-refractivity contribution in [3.8, 4) is 0 Å². The Morgan fingerprint density at radius 1 is 1.62 bits per heavy atom. The number of nitrogens with zero attached hydrogens (tertiary/aromatic N) is 1. The molecule has 88 valence electrons. The minimum absolute atomic E-state index is 0.121. The molecule has 3 N–H and O–H groups in total. The predicted octanol–water partition coefficient (Wildman–Crippen LogP) is 0.702. The zero-order valence-corrected chi connectivity index (χ0v) is 9.54. The number of thiazole rings is 1. The quantitative estimate of drug-likeness (QED) is 0.708. The van der Waals surface area contributed by atoms with Crippen LogP contribution in [0.25, 0.3) is 0 Å². The van der Waals surface area contributed by atoms with Crippen LogP contribution in [0, 0.1) is 5.92 Å². The van der Waals surface area contributed by atoms with E-state index in [0.717, 1.165) is 36.4 Å². The minimum Gasteiger partial charge on any atom is -0.476 e. The summed E-state index contributed by atoms with van der Waals surface area (Å²) in [6.45, 7) is 1.45. The van der Waals surface area contributed by atoms with Crippen LogP contribution in [0.2, 0.25) is 0 Å². The molecule has 1 fully saturated rings. The van der Waals surface area contributed by atoms with E-state index in [1.807, 2.05) is 0 Å². The Hall–Kier alpha value is -0.980. The molecule has 2 rings (SSSR count). The lowest BCUT2D eigenvalue weighted by Gasteiger charge is -2.31. The highest BCUT2D eigenvalue weighted by atomic mass is 32.1. The maximum atomic E-state index is 10.6. The summed E-state index contributed by atoms with van der Waals surface area (Å²) in [4.78, 5) is 14.6. The number of carboxylic acid groups (broad SMARTS) is 1. The first-order chi connectivity index (χ1) is 7.65. The first-order valence-electron chi connectivity index (χ1n) is 5.21. The molecule has 1 saturated carbocycles. The molecule has 0 aliphatic heterocycles. The molecule has 1 aromatic heterocycles. The second-order valence-electron chi connectivity index (χ2n) is 4.07. The fraction of sp³-hybridized carbons (Fsp3) is 0.600. The lowest BCUT2D eigenvalue weighted by molar-refractivity contribution is 0.0429. The van der Waals surface area contributed by atoms with E-state index >= 15 is 0 Å². The molecule has 0 bridgehead atoms. The first-order valence-corrected chi connectivity index (χ1v) is 6.09. The van der Waals surface area contributed by atoms with Crippen LogP contribution in [0.3, 0.4) is 0 Å². The molecule has 0 aromatic carbocycles. The van der Waals surface area contributed by atoms with Crippen molar-refractivity contribution in [2.24, 2.45) is 5.92 Å². The maximum absolute atomic E-state index is 10.6. The standard InChI is InChI=1S/C10H14N2O3S/c13-8-1-6(2-8)3-11-4-7-5-16-9(12-7)10(14)15/h5-6,8,11,13H,1-4H2,(H,14,15). The van der Waals surface area contributed by atoms with Gasteiger partial charge in [-0.25, -0.2) is 9.78 Å². The Morgan fingerprint density at radius 3 is 2.94 bits per heavy atom. The van der Waals surface area contributed by atoms with Gasteiger partial charge in [-0.1, -0.05) is 0 Å². The number of aromatic carboxylic acids is 1. The fourth-order valence-corrected chi connectivity index (χ4v) is 2.41. The molecule has 5 nitrogen and oxygen atoms in total. The average Bonchev–Trinajstić information content (AvgIpc) is 2.63. The summed E-state index contributed by atoms with van der Waals surface area (Å²) in [6, 6.07) is 0. The summed E-state index contributed by atoms with van der Waals surface area (Å²) in [5.74, 6) is -0.425. The van der Waals surface area contributed by atoms with Gasteiger partial charge in [0, 0.05) is 11.9 Å². The molecule has 16 heavy (non-hydrogen) atoms. The smallest absolute Gasteiger partial charge is 0.365 e. The normalized spacial score (nSPS) is 24.1. The van der Waals surface area contributed by atoms with Crippen molar-refractivity contribution < 1.29 is 15.0 Å². The average molecular weight is 242 g/mol. The van der Waals surface area contributed by atoms with Gasteiger partial charge in [0.15, 0.2) is 0 Å². The number of rotatable bonds is 5. The third-order valence-corrected chi connectivity index (χ3v) is 3.56. The van der Waals surface area contributed by atoms with Crippen LogP contribution in [0.15, 0.2) is 5.38 Å². The second-order valence-corrected chi connectivity index (χ2v) is 4.93. The summed E-state index contributed by atoms with van der Waals surface area (Å²) in [7, 11) is 0.